The highest BCUT2D eigenvalue weighted by Gasteiger charge is 2.43. The Hall–Kier alpha value is -1.02. The number of morpholine rings is 1. The van der Waals surface area contributed by atoms with Crippen molar-refractivity contribution in [3.63, 3.8) is 0 Å². The summed E-state index contributed by atoms with van der Waals surface area (Å²) < 4.78 is 11.6. The molecule has 1 amide bonds. The molecule has 0 unspecified atom stereocenters. The van der Waals surface area contributed by atoms with Crippen molar-refractivity contribution >= 4 is 17.2 Å². The van der Waals surface area contributed by atoms with Crippen LogP contribution in [0.3, 0.4) is 0 Å². The van der Waals surface area contributed by atoms with Crippen molar-refractivity contribution in [3.05, 3.63) is 15.6 Å². The Morgan fingerprint density at radius 3 is 2.62 bits per heavy atom. The summed E-state index contributed by atoms with van der Waals surface area (Å²) in [4.78, 5) is 22.5. The fourth-order valence-corrected chi connectivity index (χ4v) is 5.38. The van der Waals surface area contributed by atoms with Gasteiger partial charge in [-0.3, -0.25) is 9.69 Å². The highest BCUT2D eigenvalue weighted by Crippen LogP contribution is 2.42. The molecule has 26 heavy (non-hydrogen) atoms. The first-order valence-corrected chi connectivity index (χ1v) is 10.5. The van der Waals surface area contributed by atoms with E-state index in [2.05, 4.69) is 9.88 Å². The zero-order valence-corrected chi connectivity index (χ0v) is 16.6. The van der Waals surface area contributed by atoms with Gasteiger partial charge < -0.3 is 14.4 Å². The number of aryl methyl sites for hydroxylation is 2. The molecule has 6 nitrogen and oxygen atoms in total. The standard InChI is InChI=1S/C19H29N3O3S/c1-14-17(26-15(2)20-14)18(23)22-5-3-19(4-6-22)11-16(25-13-19)12-21-7-9-24-10-8-21/h16H,3-13H2,1-2H3/t16-/m0/s1. The topological polar surface area (TPSA) is 54.9 Å². The second kappa shape index (κ2) is 7.54. The number of carbonyl (C=O) groups excluding carboxylic acids is 1. The molecule has 4 heterocycles. The highest BCUT2D eigenvalue weighted by molar-refractivity contribution is 7.13. The molecule has 0 N–H and O–H groups in total. The predicted molar refractivity (Wildman–Crippen MR) is 101 cm³/mol. The van der Waals surface area contributed by atoms with E-state index in [0.29, 0.717) is 6.10 Å². The monoisotopic (exact) mass is 379 g/mol. The maximum Gasteiger partial charge on any atom is 0.265 e. The molecule has 3 aliphatic rings. The molecule has 144 valence electrons. The van der Waals surface area contributed by atoms with E-state index < -0.39 is 0 Å². The van der Waals surface area contributed by atoms with Crippen LogP contribution in [0, 0.1) is 19.3 Å². The quantitative estimate of drug-likeness (QED) is 0.805. The minimum absolute atomic E-state index is 0.159. The number of likely N-dealkylation sites (tertiary alicyclic amines) is 1. The molecule has 1 spiro atoms. The number of piperidine rings is 1. The van der Waals surface area contributed by atoms with E-state index in [0.717, 1.165) is 87.4 Å². The fraction of sp³-hybridized carbons (Fsp3) is 0.789. The first-order valence-electron chi connectivity index (χ1n) is 9.70. The summed E-state index contributed by atoms with van der Waals surface area (Å²) >= 11 is 1.52. The number of ether oxygens (including phenoxy) is 2. The highest BCUT2D eigenvalue weighted by atomic mass is 32.1. The van der Waals surface area contributed by atoms with Crippen LogP contribution in [0.4, 0.5) is 0 Å². The van der Waals surface area contributed by atoms with Crippen LogP contribution in [0.15, 0.2) is 0 Å². The molecule has 0 bridgehead atoms. The molecular formula is C19H29N3O3S. The average molecular weight is 380 g/mol. The van der Waals surface area contributed by atoms with E-state index in [1.807, 2.05) is 18.7 Å². The molecule has 0 aromatic carbocycles. The number of hydrogen-bond acceptors (Lipinski definition) is 6. The molecule has 4 rings (SSSR count). The predicted octanol–water partition coefficient (Wildman–Crippen LogP) is 2.10. The maximum absolute atomic E-state index is 12.8. The van der Waals surface area contributed by atoms with Crippen LogP contribution in [0.2, 0.25) is 0 Å². The molecule has 3 aliphatic heterocycles. The van der Waals surface area contributed by atoms with Crippen molar-refractivity contribution in [3.8, 4) is 0 Å². The van der Waals surface area contributed by atoms with E-state index in [1.165, 1.54) is 11.3 Å². The zero-order chi connectivity index (χ0) is 18.1. The first kappa shape index (κ1) is 18.3. The molecule has 0 radical (unpaired) electrons. The second-order valence-electron chi connectivity index (χ2n) is 7.99. The molecular weight excluding hydrogens is 350 g/mol. The van der Waals surface area contributed by atoms with Gasteiger partial charge in [0.15, 0.2) is 0 Å². The third-order valence-electron chi connectivity index (χ3n) is 6.06. The van der Waals surface area contributed by atoms with E-state index in [9.17, 15) is 4.79 Å². The number of hydrogen-bond donors (Lipinski definition) is 0. The lowest BCUT2D eigenvalue weighted by atomic mass is 9.76. The van der Waals surface area contributed by atoms with Gasteiger partial charge in [-0.1, -0.05) is 0 Å². The maximum atomic E-state index is 12.8. The SMILES string of the molecule is Cc1nc(C)c(C(=O)N2CCC3(CC2)CO[C@H](CN2CCOCC2)C3)s1. The largest absolute Gasteiger partial charge is 0.379 e. The van der Waals surface area contributed by atoms with Crippen LogP contribution in [0.25, 0.3) is 0 Å². The molecule has 1 atom stereocenters. The molecule has 0 aliphatic carbocycles. The van der Waals surface area contributed by atoms with Crippen molar-refractivity contribution in [1.29, 1.82) is 0 Å². The van der Waals surface area contributed by atoms with Gasteiger partial charge in [0, 0.05) is 32.7 Å². The first-order chi connectivity index (χ1) is 12.5. The fourth-order valence-electron chi connectivity index (χ4n) is 4.49. The van der Waals surface area contributed by atoms with Gasteiger partial charge in [0.1, 0.15) is 4.88 Å². The lowest BCUT2D eigenvalue weighted by molar-refractivity contribution is 0.00525. The molecule has 3 fully saturated rings. The van der Waals surface area contributed by atoms with Gasteiger partial charge in [0.2, 0.25) is 0 Å². The van der Waals surface area contributed by atoms with Crippen molar-refractivity contribution < 1.29 is 14.3 Å². The van der Waals surface area contributed by atoms with Crippen molar-refractivity contribution in [2.75, 3.05) is 52.5 Å². The van der Waals surface area contributed by atoms with Crippen LogP contribution in [-0.2, 0) is 9.47 Å². The van der Waals surface area contributed by atoms with Crippen molar-refractivity contribution in [2.24, 2.45) is 5.41 Å². The number of amides is 1. The summed E-state index contributed by atoms with van der Waals surface area (Å²) in [5, 5.41) is 0.967. The van der Waals surface area contributed by atoms with Crippen molar-refractivity contribution in [2.45, 2.75) is 39.2 Å². The minimum atomic E-state index is 0.159. The Bertz CT molecular complexity index is 648. The average Bonchev–Trinajstić information content (AvgIpc) is 3.18. The Balaban J connectivity index is 1.30. The number of thiazole rings is 1. The van der Waals surface area contributed by atoms with Gasteiger partial charge in [-0.15, -0.1) is 11.3 Å². The van der Waals surface area contributed by atoms with Crippen LogP contribution in [-0.4, -0.2) is 79.3 Å². The summed E-state index contributed by atoms with van der Waals surface area (Å²) in [5.74, 6) is 0.159. The van der Waals surface area contributed by atoms with Crippen LogP contribution in [0.5, 0.6) is 0 Å². The third kappa shape index (κ3) is 3.81. The lowest BCUT2D eigenvalue weighted by Crippen LogP contribution is -2.44. The number of rotatable bonds is 3. The Morgan fingerprint density at radius 2 is 1.96 bits per heavy atom. The minimum Gasteiger partial charge on any atom is -0.379 e. The van der Waals surface area contributed by atoms with Gasteiger partial charge >= 0.3 is 0 Å². The number of carbonyl (C=O) groups is 1. The lowest BCUT2D eigenvalue weighted by Gasteiger charge is -2.38. The summed E-state index contributed by atoms with van der Waals surface area (Å²) in [7, 11) is 0. The summed E-state index contributed by atoms with van der Waals surface area (Å²) in [5.41, 5.74) is 1.14. The summed E-state index contributed by atoms with van der Waals surface area (Å²) in [6.07, 6.45) is 3.57. The molecule has 1 aromatic heterocycles. The van der Waals surface area contributed by atoms with Gasteiger partial charge in [-0.25, -0.2) is 4.98 Å². The number of nitrogens with zero attached hydrogens (tertiary/aromatic N) is 3. The molecule has 7 heteroatoms. The Kier molecular flexibility index (Phi) is 5.32. The Morgan fingerprint density at radius 1 is 1.23 bits per heavy atom. The van der Waals surface area contributed by atoms with E-state index in [4.69, 9.17) is 9.47 Å². The van der Waals surface area contributed by atoms with E-state index >= 15 is 0 Å². The second-order valence-corrected chi connectivity index (χ2v) is 9.19. The summed E-state index contributed by atoms with van der Waals surface area (Å²) in [6.45, 7) is 11.1. The Labute approximate surface area is 159 Å². The van der Waals surface area contributed by atoms with Gasteiger partial charge in [0.05, 0.1) is 36.6 Å². The van der Waals surface area contributed by atoms with Crippen LogP contribution < -0.4 is 0 Å². The normalized spacial score (nSPS) is 26.5. The zero-order valence-electron chi connectivity index (χ0n) is 15.8. The van der Waals surface area contributed by atoms with E-state index in [1.54, 1.807) is 0 Å². The molecule has 0 saturated carbocycles. The molecule has 3 saturated heterocycles. The smallest absolute Gasteiger partial charge is 0.265 e. The van der Waals surface area contributed by atoms with Crippen LogP contribution in [0.1, 0.15) is 39.6 Å². The van der Waals surface area contributed by atoms with Crippen molar-refractivity contribution in [1.82, 2.24) is 14.8 Å². The van der Waals surface area contributed by atoms with Gasteiger partial charge in [-0.2, -0.15) is 0 Å². The van der Waals surface area contributed by atoms with Crippen LogP contribution >= 0.6 is 11.3 Å². The third-order valence-corrected chi connectivity index (χ3v) is 7.12. The number of aromatic nitrogens is 1. The van der Waals surface area contributed by atoms with Gasteiger partial charge in [-0.05, 0) is 38.5 Å². The molecule has 1 aromatic rings. The summed E-state index contributed by atoms with van der Waals surface area (Å²) in [6, 6.07) is 0. The van der Waals surface area contributed by atoms with Gasteiger partial charge in [0.25, 0.3) is 5.91 Å². The van der Waals surface area contributed by atoms with E-state index in [-0.39, 0.29) is 11.3 Å².